The number of benzene rings is 2. The molecule has 3 rings (SSSR count). The number of carbonyl (C=O) groups excluding carboxylic acids is 2. The summed E-state index contributed by atoms with van der Waals surface area (Å²) in [4.78, 5) is 28.6. The predicted molar refractivity (Wildman–Crippen MR) is 98.0 cm³/mol. The zero-order valence-electron chi connectivity index (χ0n) is 13.4. The fourth-order valence-corrected chi connectivity index (χ4v) is 2.37. The monoisotopic (exact) mass is 369 g/mol. The van der Waals surface area contributed by atoms with Gasteiger partial charge >= 0.3 is 0 Å². The van der Waals surface area contributed by atoms with Gasteiger partial charge in [-0.05, 0) is 42.5 Å². The molecule has 0 aliphatic carbocycles. The maximum atomic E-state index is 13.2. The van der Waals surface area contributed by atoms with E-state index >= 15 is 0 Å². The molecule has 0 fully saturated rings. The zero-order valence-corrected chi connectivity index (χ0v) is 14.1. The smallest absolute Gasteiger partial charge is 0.274 e. The minimum absolute atomic E-state index is 0.0474. The van der Waals surface area contributed by atoms with E-state index in [1.807, 2.05) is 6.07 Å². The molecule has 7 heteroatoms. The number of para-hydroxylation sites is 1. The third kappa shape index (κ3) is 4.23. The second-order valence-corrected chi connectivity index (χ2v) is 5.74. The molecule has 26 heavy (non-hydrogen) atoms. The molecule has 130 valence electrons. The summed E-state index contributed by atoms with van der Waals surface area (Å²) in [6.45, 7) is 0. The Morgan fingerprint density at radius 2 is 1.62 bits per heavy atom. The molecule has 0 saturated carbocycles. The molecule has 0 unspecified atom stereocenters. The number of anilines is 2. The Kier molecular flexibility index (Phi) is 5.24. The van der Waals surface area contributed by atoms with Crippen molar-refractivity contribution in [2.24, 2.45) is 0 Å². The minimum Gasteiger partial charge on any atom is -0.322 e. The van der Waals surface area contributed by atoms with Crippen molar-refractivity contribution < 1.29 is 14.0 Å². The quantitative estimate of drug-likeness (QED) is 0.717. The predicted octanol–water partition coefficient (Wildman–Crippen LogP) is 4.38. The van der Waals surface area contributed by atoms with Gasteiger partial charge in [0.2, 0.25) is 0 Å². The zero-order chi connectivity index (χ0) is 18.5. The van der Waals surface area contributed by atoms with E-state index in [-0.39, 0.29) is 22.2 Å². The van der Waals surface area contributed by atoms with Crippen LogP contribution in [0.4, 0.5) is 15.8 Å². The summed E-state index contributed by atoms with van der Waals surface area (Å²) in [5.41, 5.74) is 1.29. The van der Waals surface area contributed by atoms with Gasteiger partial charge in [0.25, 0.3) is 11.8 Å². The number of hydrogen-bond donors (Lipinski definition) is 2. The van der Waals surface area contributed by atoms with Crippen molar-refractivity contribution in [3.8, 4) is 0 Å². The average molecular weight is 370 g/mol. The van der Waals surface area contributed by atoms with Gasteiger partial charge in [-0.1, -0.05) is 29.8 Å². The summed E-state index contributed by atoms with van der Waals surface area (Å²) in [6.07, 6.45) is 1.37. The number of halogens is 2. The van der Waals surface area contributed by atoms with Gasteiger partial charge in [-0.15, -0.1) is 0 Å². The summed E-state index contributed by atoms with van der Waals surface area (Å²) in [5.74, 6) is -1.48. The van der Waals surface area contributed by atoms with Crippen molar-refractivity contribution in [2.75, 3.05) is 10.6 Å². The lowest BCUT2D eigenvalue weighted by atomic mass is 10.2. The van der Waals surface area contributed by atoms with Gasteiger partial charge in [0.15, 0.2) is 0 Å². The first-order valence-corrected chi connectivity index (χ1v) is 7.99. The normalized spacial score (nSPS) is 10.2. The molecule has 0 saturated heterocycles. The molecular weight excluding hydrogens is 357 g/mol. The molecule has 0 spiro atoms. The van der Waals surface area contributed by atoms with E-state index in [0.29, 0.717) is 11.4 Å². The van der Waals surface area contributed by atoms with Crippen molar-refractivity contribution in [1.29, 1.82) is 0 Å². The van der Waals surface area contributed by atoms with E-state index < -0.39 is 11.7 Å². The SMILES string of the molecule is O=C(Nc1ccccc1)c1ccnc(C(=O)Nc2ccc(F)c(Cl)c2)c1. The largest absolute Gasteiger partial charge is 0.322 e. The van der Waals surface area contributed by atoms with Crippen LogP contribution >= 0.6 is 11.6 Å². The minimum atomic E-state index is -0.581. The van der Waals surface area contributed by atoms with Gasteiger partial charge in [0.1, 0.15) is 11.5 Å². The van der Waals surface area contributed by atoms with Crippen molar-refractivity contribution in [1.82, 2.24) is 4.98 Å². The molecular formula is C19H13ClFN3O2. The van der Waals surface area contributed by atoms with E-state index in [4.69, 9.17) is 11.6 Å². The second kappa shape index (κ2) is 7.76. The van der Waals surface area contributed by atoms with Gasteiger partial charge in [0.05, 0.1) is 5.02 Å². The Morgan fingerprint density at radius 3 is 2.35 bits per heavy atom. The number of amides is 2. The first-order chi connectivity index (χ1) is 12.5. The Morgan fingerprint density at radius 1 is 0.885 bits per heavy atom. The standard InChI is InChI=1S/C19H13ClFN3O2/c20-15-11-14(6-7-16(15)21)24-19(26)17-10-12(8-9-22-17)18(25)23-13-4-2-1-3-5-13/h1-11H,(H,23,25)(H,24,26). The molecule has 0 aliphatic heterocycles. The molecule has 3 aromatic rings. The van der Waals surface area contributed by atoms with Crippen LogP contribution in [-0.2, 0) is 0 Å². The summed E-state index contributed by atoms with van der Waals surface area (Å²) < 4.78 is 13.2. The van der Waals surface area contributed by atoms with E-state index in [0.717, 1.165) is 6.07 Å². The molecule has 1 aromatic heterocycles. The van der Waals surface area contributed by atoms with E-state index in [9.17, 15) is 14.0 Å². The molecule has 2 amide bonds. The topological polar surface area (TPSA) is 71.1 Å². The number of nitrogens with zero attached hydrogens (tertiary/aromatic N) is 1. The van der Waals surface area contributed by atoms with Crippen LogP contribution in [0.2, 0.25) is 5.02 Å². The highest BCUT2D eigenvalue weighted by atomic mass is 35.5. The Labute approximate surface area is 153 Å². The number of pyridine rings is 1. The highest BCUT2D eigenvalue weighted by molar-refractivity contribution is 6.31. The summed E-state index contributed by atoms with van der Waals surface area (Å²) in [7, 11) is 0. The maximum Gasteiger partial charge on any atom is 0.274 e. The molecule has 0 aliphatic rings. The number of hydrogen-bond acceptors (Lipinski definition) is 3. The fourth-order valence-electron chi connectivity index (χ4n) is 2.19. The van der Waals surface area contributed by atoms with Crippen LogP contribution in [-0.4, -0.2) is 16.8 Å². The van der Waals surface area contributed by atoms with Crippen molar-refractivity contribution in [2.45, 2.75) is 0 Å². The van der Waals surface area contributed by atoms with Crippen LogP contribution in [0.15, 0.2) is 66.9 Å². The van der Waals surface area contributed by atoms with Crippen molar-refractivity contribution in [3.05, 3.63) is 89.0 Å². The van der Waals surface area contributed by atoms with Gasteiger partial charge in [0, 0.05) is 23.1 Å². The molecule has 2 aromatic carbocycles. The Hall–Kier alpha value is -3.25. The van der Waals surface area contributed by atoms with Gasteiger partial charge < -0.3 is 10.6 Å². The Balaban J connectivity index is 1.74. The average Bonchev–Trinajstić information content (AvgIpc) is 2.65. The van der Waals surface area contributed by atoms with Crippen LogP contribution in [0, 0.1) is 5.82 Å². The maximum absolute atomic E-state index is 13.2. The van der Waals surface area contributed by atoms with Crippen LogP contribution in [0.3, 0.4) is 0 Å². The van der Waals surface area contributed by atoms with E-state index in [1.54, 1.807) is 24.3 Å². The third-order valence-corrected chi connectivity index (χ3v) is 3.75. The number of carbonyl (C=O) groups is 2. The molecule has 0 radical (unpaired) electrons. The summed E-state index contributed by atoms with van der Waals surface area (Å²) in [6, 6.07) is 15.6. The van der Waals surface area contributed by atoms with Crippen LogP contribution in [0.1, 0.15) is 20.8 Å². The lowest BCUT2D eigenvalue weighted by Gasteiger charge is -2.08. The first-order valence-electron chi connectivity index (χ1n) is 7.62. The fraction of sp³-hybridized carbons (Fsp3) is 0. The van der Waals surface area contributed by atoms with E-state index in [2.05, 4.69) is 15.6 Å². The highest BCUT2D eigenvalue weighted by Gasteiger charge is 2.13. The molecule has 1 heterocycles. The van der Waals surface area contributed by atoms with Crippen molar-refractivity contribution >= 4 is 34.8 Å². The molecule has 5 nitrogen and oxygen atoms in total. The highest BCUT2D eigenvalue weighted by Crippen LogP contribution is 2.20. The number of rotatable bonds is 4. The number of aromatic nitrogens is 1. The Bertz CT molecular complexity index is 964. The third-order valence-electron chi connectivity index (χ3n) is 3.46. The van der Waals surface area contributed by atoms with Gasteiger partial charge in [-0.25, -0.2) is 4.39 Å². The van der Waals surface area contributed by atoms with Crippen LogP contribution in [0.25, 0.3) is 0 Å². The molecule has 0 atom stereocenters. The van der Waals surface area contributed by atoms with Crippen molar-refractivity contribution in [3.63, 3.8) is 0 Å². The van der Waals surface area contributed by atoms with Gasteiger partial charge in [-0.3, -0.25) is 14.6 Å². The summed E-state index contributed by atoms with van der Waals surface area (Å²) in [5, 5.41) is 5.18. The first kappa shape index (κ1) is 17.6. The van der Waals surface area contributed by atoms with Crippen LogP contribution < -0.4 is 10.6 Å². The van der Waals surface area contributed by atoms with E-state index in [1.165, 1.54) is 30.5 Å². The second-order valence-electron chi connectivity index (χ2n) is 5.33. The van der Waals surface area contributed by atoms with Gasteiger partial charge in [-0.2, -0.15) is 0 Å². The molecule has 2 N–H and O–H groups in total. The van der Waals surface area contributed by atoms with Crippen LogP contribution in [0.5, 0.6) is 0 Å². The lowest BCUT2D eigenvalue weighted by molar-refractivity contribution is 0.102. The lowest BCUT2D eigenvalue weighted by Crippen LogP contribution is -2.17. The summed E-state index contributed by atoms with van der Waals surface area (Å²) >= 11 is 5.69. The molecule has 0 bridgehead atoms. The number of nitrogens with one attached hydrogen (secondary N) is 2.